The van der Waals surface area contributed by atoms with Crippen LogP contribution in [0, 0.1) is 17.0 Å². The fourth-order valence-electron chi connectivity index (χ4n) is 1.74. The van der Waals surface area contributed by atoms with E-state index in [0.29, 0.717) is 23.0 Å². The molecule has 0 amide bonds. The lowest BCUT2D eigenvalue weighted by Gasteiger charge is -2.10. The van der Waals surface area contributed by atoms with E-state index in [0.717, 1.165) is 6.42 Å². The molecule has 0 atom stereocenters. The Balaban J connectivity index is 2.42. The highest BCUT2D eigenvalue weighted by molar-refractivity contribution is 6.30. The quantitative estimate of drug-likeness (QED) is 0.472. The maximum Gasteiger partial charge on any atom is 0.311 e. The molecule has 2 aromatic rings. The van der Waals surface area contributed by atoms with Crippen molar-refractivity contribution in [3.8, 4) is 11.6 Å². The van der Waals surface area contributed by atoms with Gasteiger partial charge in [-0.05, 0) is 19.4 Å². The van der Waals surface area contributed by atoms with Crippen LogP contribution in [-0.2, 0) is 6.42 Å². The number of nitro groups is 1. The average molecular weight is 308 g/mol. The fourth-order valence-corrected chi connectivity index (χ4v) is 1.92. The summed E-state index contributed by atoms with van der Waals surface area (Å²) in [5.41, 5.74) is 0.429. The standard InChI is InChI=1S/C14H14ClN3O3/c1-3-6-12-16-13(15)9(2)14(17-12)21-11-8-5-4-7-10(11)18(19)20/h4-5,7-8H,3,6H2,1-2H3. The Bertz CT molecular complexity index is 677. The maximum absolute atomic E-state index is 11.0. The summed E-state index contributed by atoms with van der Waals surface area (Å²) in [5.74, 6) is 0.928. The van der Waals surface area contributed by atoms with E-state index in [4.69, 9.17) is 16.3 Å². The predicted molar refractivity (Wildman–Crippen MR) is 78.9 cm³/mol. The Kier molecular flexibility index (Phi) is 4.70. The molecule has 110 valence electrons. The normalized spacial score (nSPS) is 10.4. The maximum atomic E-state index is 11.0. The monoisotopic (exact) mass is 307 g/mol. The van der Waals surface area contributed by atoms with Crippen LogP contribution in [-0.4, -0.2) is 14.9 Å². The SMILES string of the molecule is CCCc1nc(Cl)c(C)c(Oc2ccccc2[N+](=O)[O-])n1. The number of nitrogens with zero attached hydrogens (tertiary/aromatic N) is 3. The van der Waals surface area contributed by atoms with Crippen LogP contribution in [0.25, 0.3) is 0 Å². The van der Waals surface area contributed by atoms with Crippen molar-refractivity contribution in [3.63, 3.8) is 0 Å². The van der Waals surface area contributed by atoms with Crippen LogP contribution in [0.1, 0.15) is 24.7 Å². The lowest BCUT2D eigenvalue weighted by Crippen LogP contribution is -2.02. The van der Waals surface area contributed by atoms with Crippen LogP contribution in [0.2, 0.25) is 5.15 Å². The summed E-state index contributed by atoms with van der Waals surface area (Å²) in [4.78, 5) is 18.9. The number of hydrogen-bond acceptors (Lipinski definition) is 5. The van der Waals surface area contributed by atoms with Gasteiger partial charge in [0.15, 0.2) is 0 Å². The van der Waals surface area contributed by atoms with E-state index < -0.39 is 4.92 Å². The van der Waals surface area contributed by atoms with Crippen LogP contribution < -0.4 is 4.74 Å². The smallest absolute Gasteiger partial charge is 0.311 e. The third-order valence-corrected chi connectivity index (χ3v) is 3.20. The van der Waals surface area contributed by atoms with E-state index in [1.807, 2.05) is 6.92 Å². The molecule has 21 heavy (non-hydrogen) atoms. The van der Waals surface area contributed by atoms with Crippen molar-refractivity contribution >= 4 is 17.3 Å². The van der Waals surface area contributed by atoms with Gasteiger partial charge in [-0.2, -0.15) is 4.98 Å². The van der Waals surface area contributed by atoms with Crippen molar-refractivity contribution in [1.29, 1.82) is 0 Å². The van der Waals surface area contributed by atoms with Gasteiger partial charge in [0.05, 0.1) is 4.92 Å². The van der Waals surface area contributed by atoms with Crippen LogP contribution in [0.3, 0.4) is 0 Å². The lowest BCUT2D eigenvalue weighted by molar-refractivity contribution is -0.385. The van der Waals surface area contributed by atoms with E-state index in [1.54, 1.807) is 19.1 Å². The zero-order valence-corrected chi connectivity index (χ0v) is 12.4. The first-order valence-electron chi connectivity index (χ1n) is 6.47. The molecule has 0 saturated heterocycles. The molecule has 0 spiro atoms. The number of halogens is 1. The number of ether oxygens (including phenoxy) is 1. The topological polar surface area (TPSA) is 78.2 Å². The van der Waals surface area contributed by atoms with Gasteiger partial charge in [0, 0.05) is 18.1 Å². The highest BCUT2D eigenvalue weighted by atomic mass is 35.5. The summed E-state index contributed by atoms with van der Waals surface area (Å²) in [5, 5.41) is 11.3. The minimum Gasteiger partial charge on any atom is -0.431 e. The second-order valence-corrected chi connectivity index (χ2v) is 4.80. The third kappa shape index (κ3) is 3.46. The summed E-state index contributed by atoms with van der Waals surface area (Å²) < 4.78 is 5.59. The van der Waals surface area contributed by atoms with Gasteiger partial charge in [0.1, 0.15) is 11.0 Å². The van der Waals surface area contributed by atoms with Crippen molar-refractivity contribution in [2.24, 2.45) is 0 Å². The first-order chi connectivity index (χ1) is 10.0. The van der Waals surface area contributed by atoms with E-state index >= 15 is 0 Å². The van der Waals surface area contributed by atoms with Crippen LogP contribution in [0.5, 0.6) is 11.6 Å². The second kappa shape index (κ2) is 6.49. The summed E-state index contributed by atoms with van der Waals surface area (Å²) in [6.07, 6.45) is 1.53. The van der Waals surface area contributed by atoms with Gasteiger partial charge in [-0.25, -0.2) is 4.98 Å². The van der Waals surface area contributed by atoms with Gasteiger partial charge in [0.2, 0.25) is 11.6 Å². The second-order valence-electron chi connectivity index (χ2n) is 4.44. The van der Waals surface area contributed by atoms with Crippen molar-refractivity contribution in [2.75, 3.05) is 0 Å². The molecule has 0 N–H and O–H groups in total. The Labute approximate surface area is 126 Å². The van der Waals surface area contributed by atoms with Crippen molar-refractivity contribution in [2.45, 2.75) is 26.7 Å². The predicted octanol–water partition coefficient (Wildman–Crippen LogP) is 4.09. The first kappa shape index (κ1) is 15.2. The number of rotatable bonds is 5. The van der Waals surface area contributed by atoms with Gasteiger partial charge in [-0.15, -0.1) is 0 Å². The van der Waals surface area contributed by atoms with E-state index in [2.05, 4.69) is 9.97 Å². The molecule has 0 radical (unpaired) electrons. The van der Waals surface area contributed by atoms with Gasteiger partial charge in [-0.1, -0.05) is 30.7 Å². The molecule has 0 saturated carbocycles. The van der Waals surface area contributed by atoms with Gasteiger partial charge >= 0.3 is 5.69 Å². The molecule has 0 aliphatic rings. The Morgan fingerprint density at radius 1 is 1.33 bits per heavy atom. The molecule has 0 aliphatic heterocycles. The molecule has 1 aromatic carbocycles. The van der Waals surface area contributed by atoms with Gasteiger partial charge in [-0.3, -0.25) is 10.1 Å². The molecule has 7 heteroatoms. The molecule has 0 unspecified atom stereocenters. The average Bonchev–Trinajstić information content (AvgIpc) is 2.45. The minimum atomic E-state index is -0.500. The van der Waals surface area contributed by atoms with E-state index in [-0.39, 0.29) is 17.3 Å². The minimum absolute atomic E-state index is 0.122. The molecule has 6 nitrogen and oxygen atoms in total. The van der Waals surface area contributed by atoms with E-state index in [9.17, 15) is 10.1 Å². The molecule has 0 fully saturated rings. The Morgan fingerprint density at radius 2 is 2.05 bits per heavy atom. The number of aryl methyl sites for hydroxylation is 1. The lowest BCUT2D eigenvalue weighted by atomic mass is 10.3. The zero-order valence-electron chi connectivity index (χ0n) is 11.7. The summed E-state index contributed by atoms with van der Waals surface area (Å²) >= 11 is 6.06. The van der Waals surface area contributed by atoms with Gasteiger partial charge in [0.25, 0.3) is 0 Å². The molecule has 0 aliphatic carbocycles. The molecule has 0 bridgehead atoms. The number of para-hydroxylation sites is 2. The number of hydrogen-bond donors (Lipinski definition) is 0. The van der Waals surface area contributed by atoms with Crippen molar-refractivity contribution in [3.05, 3.63) is 50.9 Å². The Morgan fingerprint density at radius 3 is 2.71 bits per heavy atom. The van der Waals surface area contributed by atoms with Crippen molar-refractivity contribution < 1.29 is 9.66 Å². The number of benzene rings is 1. The molecule has 1 aromatic heterocycles. The van der Waals surface area contributed by atoms with Crippen LogP contribution >= 0.6 is 11.6 Å². The summed E-state index contributed by atoms with van der Waals surface area (Å²) in [6, 6.07) is 6.13. The highest BCUT2D eigenvalue weighted by Gasteiger charge is 2.18. The Hall–Kier alpha value is -2.21. The van der Waals surface area contributed by atoms with E-state index in [1.165, 1.54) is 12.1 Å². The largest absolute Gasteiger partial charge is 0.431 e. The summed E-state index contributed by atoms with van der Waals surface area (Å²) in [6.45, 7) is 3.71. The first-order valence-corrected chi connectivity index (χ1v) is 6.85. The summed E-state index contributed by atoms with van der Waals surface area (Å²) in [7, 11) is 0. The molecular formula is C14H14ClN3O3. The molecule has 1 heterocycles. The highest BCUT2D eigenvalue weighted by Crippen LogP contribution is 2.33. The van der Waals surface area contributed by atoms with Crippen molar-refractivity contribution in [1.82, 2.24) is 9.97 Å². The fraction of sp³-hybridized carbons (Fsp3) is 0.286. The molecule has 2 rings (SSSR count). The number of aromatic nitrogens is 2. The van der Waals surface area contributed by atoms with Crippen LogP contribution in [0.15, 0.2) is 24.3 Å². The molecular weight excluding hydrogens is 294 g/mol. The number of nitro benzene ring substituents is 1. The third-order valence-electron chi connectivity index (χ3n) is 2.83. The zero-order chi connectivity index (χ0) is 15.4. The van der Waals surface area contributed by atoms with Crippen LogP contribution in [0.4, 0.5) is 5.69 Å². The van der Waals surface area contributed by atoms with Gasteiger partial charge < -0.3 is 4.74 Å².